The lowest BCUT2D eigenvalue weighted by molar-refractivity contribution is 0.625. The number of hydrogen-bond acceptors (Lipinski definition) is 2. The van der Waals surface area contributed by atoms with Gasteiger partial charge in [0.05, 0.1) is 6.04 Å². The monoisotopic (exact) mass is 249 g/mol. The predicted molar refractivity (Wildman–Crippen MR) is 70.9 cm³/mol. The van der Waals surface area contributed by atoms with Crippen LogP contribution in [0.5, 0.6) is 0 Å². The van der Waals surface area contributed by atoms with E-state index in [2.05, 4.69) is 19.1 Å². The average Bonchev–Trinajstić information content (AvgIpc) is 2.76. The smallest absolute Gasteiger partial charge is 0.123 e. The minimum Gasteiger partial charge on any atom is -0.320 e. The Labute approximate surface area is 105 Å². The number of benzene rings is 1. The van der Waals surface area contributed by atoms with E-state index in [1.54, 1.807) is 17.4 Å². The maximum atomic E-state index is 13.0. The molecule has 2 rings (SSSR count). The van der Waals surface area contributed by atoms with Crippen LogP contribution in [0, 0.1) is 12.7 Å². The third kappa shape index (κ3) is 2.56. The zero-order valence-electron chi connectivity index (χ0n) is 10.0. The molecule has 2 aromatic rings. The van der Waals surface area contributed by atoms with Gasteiger partial charge in [0.2, 0.25) is 0 Å². The standard InChI is InChI=1S/C14H16FNS/c1-3-11-5-7-13(17-11)14(16)12-6-4-10(15)8-9(12)2/h4-8,14H,3,16H2,1-2H3. The molecular formula is C14H16FNS. The first-order valence-corrected chi connectivity index (χ1v) is 6.53. The molecule has 1 heterocycles. The Morgan fingerprint density at radius 2 is 2.06 bits per heavy atom. The van der Waals surface area contributed by atoms with Gasteiger partial charge in [0.1, 0.15) is 5.82 Å². The molecular weight excluding hydrogens is 233 g/mol. The minimum atomic E-state index is -0.209. The summed E-state index contributed by atoms with van der Waals surface area (Å²) in [4.78, 5) is 2.46. The summed E-state index contributed by atoms with van der Waals surface area (Å²) in [5, 5.41) is 0. The van der Waals surface area contributed by atoms with Crippen LogP contribution in [0.25, 0.3) is 0 Å². The molecule has 1 unspecified atom stereocenters. The second-order valence-corrected chi connectivity index (χ2v) is 5.34. The van der Waals surface area contributed by atoms with Crippen molar-refractivity contribution in [2.75, 3.05) is 0 Å². The van der Waals surface area contributed by atoms with Gasteiger partial charge in [-0.25, -0.2) is 4.39 Å². The van der Waals surface area contributed by atoms with Gasteiger partial charge >= 0.3 is 0 Å². The number of halogens is 1. The zero-order valence-corrected chi connectivity index (χ0v) is 10.9. The van der Waals surface area contributed by atoms with Crippen molar-refractivity contribution in [2.45, 2.75) is 26.3 Å². The Hall–Kier alpha value is -1.19. The first-order valence-electron chi connectivity index (χ1n) is 5.72. The quantitative estimate of drug-likeness (QED) is 0.879. The first-order chi connectivity index (χ1) is 8.11. The normalized spacial score (nSPS) is 12.7. The number of thiophene rings is 1. The summed E-state index contributed by atoms with van der Waals surface area (Å²) < 4.78 is 13.0. The molecule has 0 radical (unpaired) electrons. The predicted octanol–water partition coefficient (Wildman–Crippen LogP) is 3.81. The van der Waals surface area contributed by atoms with Gasteiger partial charge in [-0.1, -0.05) is 13.0 Å². The Kier molecular flexibility index (Phi) is 3.60. The summed E-state index contributed by atoms with van der Waals surface area (Å²) in [5.41, 5.74) is 8.13. The van der Waals surface area contributed by atoms with Gasteiger partial charge in [-0.05, 0) is 48.7 Å². The Morgan fingerprint density at radius 1 is 1.29 bits per heavy atom. The van der Waals surface area contributed by atoms with Gasteiger partial charge in [-0.15, -0.1) is 11.3 Å². The number of aryl methyl sites for hydroxylation is 2. The van der Waals surface area contributed by atoms with Crippen molar-refractivity contribution in [1.29, 1.82) is 0 Å². The van der Waals surface area contributed by atoms with Crippen LogP contribution in [0.4, 0.5) is 4.39 Å². The van der Waals surface area contributed by atoms with Crippen molar-refractivity contribution in [3.05, 3.63) is 57.0 Å². The van der Waals surface area contributed by atoms with Crippen LogP contribution in [0.1, 0.15) is 33.8 Å². The highest BCUT2D eigenvalue weighted by atomic mass is 32.1. The Bertz CT molecular complexity index is 519. The second kappa shape index (κ2) is 4.98. The highest BCUT2D eigenvalue weighted by Gasteiger charge is 2.13. The summed E-state index contributed by atoms with van der Waals surface area (Å²) in [5.74, 6) is -0.209. The largest absolute Gasteiger partial charge is 0.320 e. The highest BCUT2D eigenvalue weighted by Crippen LogP contribution is 2.28. The zero-order chi connectivity index (χ0) is 12.4. The van der Waals surface area contributed by atoms with E-state index in [9.17, 15) is 4.39 Å². The fraction of sp³-hybridized carbons (Fsp3) is 0.286. The lowest BCUT2D eigenvalue weighted by atomic mass is 10.0. The summed E-state index contributed by atoms with van der Waals surface area (Å²) in [6.07, 6.45) is 1.03. The summed E-state index contributed by atoms with van der Waals surface area (Å²) in [7, 11) is 0. The molecule has 1 aromatic heterocycles. The summed E-state index contributed by atoms with van der Waals surface area (Å²) >= 11 is 1.73. The van der Waals surface area contributed by atoms with E-state index in [0.29, 0.717) is 0 Å². The van der Waals surface area contributed by atoms with Crippen LogP contribution in [-0.4, -0.2) is 0 Å². The van der Waals surface area contributed by atoms with E-state index in [0.717, 1.165) is 22.4 Å². The van der Waals surface area contributed by atoms with E-state index in [-0.39, 0.29) is 11.9 Å². The van der Waals surface area contributed by atoms with Crippen molar-refractivity contribution >= 4 is 11.3 Å². The Balaban J connectivity index is 2.33. The van der Waals surface area contributed by atoms with Crippen molar-refractivity contribution < 1.29 is 4.39 Å². The van der Waals surface area contributed by atoms with E-state index >= 15 is 0 Å². The maximum Gasteiger partial charge on any atom is 0.123 e. The molecule has 1 nitrogen and oxygen atoms in total. The van der Waals surface area contributed by atoms with Gasteiger partial charge in [0.15, 0.2) is 0 Å². The van der Waals surface area contributed by atoms with Crippen molar-refractivity contribution in [2.24, 2.45) is 5.73 Å². The number of rotatable bonds is 3. The molecule has 0 aliphatic heterocycles. The van der Waals surface area contributed by atoms with Crippen LogP contribution in [-0.2, 0) is 6.42 Å². The summed E-state index contributed by atoms with van der Waals surface area (Å²) in [6.45, 7) is 4.02. The molecule has 1 aromatic carbocycles. The highest BCUT2D eigenvalue weighted by molar-refractivity contribution is 7.12. The fourth-order valence-corrected chi connectivity index (χ4v) is 2.87. The molecule has 3 heteroatoms. The fourth-order valence-electron chi connectivity index (χ4n) is 1.89. The molecule has 0 aliphatic carbocycles. The molecule has 2 N–H and O–H groups in total. The molecule has 0 saturated heterocycles. The third-order valence-electron chi connectivity index (χ3n) is 2.90. The van der Waals surface area contributed by atoms with Crippen LogP contribution >= 0.6 is 11.3 Å². The molecule has 90 valence electrons. The molecule has 0 amide bonds. The second-order valence-electron chi connectivity index (χ2n) is 4.14. The van der Waals surface area contributed by atoms with E-state index in [1.165, 1.54) is 17.0 Å². The van der Waals surface area contributed by atoms with E-state index in [4.69, 9.17) is 5.73 Å². The number of nitrogens with two attached hydrogens (primary N) is 1. The van der Waals surface area contributed by atoms with Gasteiger partial charge < -0.3 is 5.73 Å². The van der Waals surface area contributed by atoms with Crippen molar-refractivity contribution in [3.8, 4) is 0 Å². The lowest BCUT2D eigenvalue weighted by Crippen LogP contribution is -2.11. The SMILES string of the molecule is CCc1ccc(C(N)c2ccc(F)cc2C)s1. The topological polar surface area (TPSA) is 26.0 Å². The minimum absolute atomic E-state index is 0.152. The van der Waals surface area contributed by atoms with Crippen molar-refractivity contribution in [1.82, 2.24) is 0 Å². The van der Waals surface area contributed by atoms with Crippen LogP contribution in [0.3, 0.4) is 0 Å². The molecule has 0 fully saturated rings. The van der Waals surface area contributed by atoms with E-state index < -0.39 is 0 Å². The van der Waals surface area contributed by atoms with Gasteiger partial charge in [-0.3, -0.25) is 0 Å². The third-order valence-corrected chi connectivity index (χ3v) is 4.22. The molecule has 17 heavy (non-hydrogen) atoms. The van der Waals surface area contributed by atoms with Crippen molar-refractivity contribution in [3.63, 3.8) is 0 Å². The van der Waals surface area contributed by atoms with E-state index in [1.807, 2.05) is 6.92 Å². The molecule has 0 saturated carbocycles. The Morgan fingerprint density at radius 3 is 2.65 bits per heavy atom. The molecule has 0 aliphatic rings. The maximum absolute atomic E-state index is 13.0. The van der Waals surface area contributed by atoms with Gasteiger partial charge in [0.25, 0.3) is 0 Å². The van der Waals surface area contributed by atoms with Crippen LogP contribution in [0.2, 0.25) is 0 Å². The number of hydrogen-bond donors (Lipinski definition) is 1. The van der Waals surface area contributed by atoms with Gasteiger partial charge in [0, 0.05) is 9.75 Å². The average molecular weight is 249 g/mol. The van der Waals surface area contributed by atoms with Crippen LogP contribution < -0.4 is 5.73 Å². The summed E-state index contributed by atoms with van der Waals surface area (Å²) in [6, 6.07) is 8.80. The molecule has 1 atom stereocenters. The molecule has 0 bridgehead atoms. The van der Waals surface area contributed by atoms with Gasteiger partial charge in [-0.2, -0.15) is 0 Å². The lowest BCUT2D eigenvalue weighted by Gasteiger charge is -2.13. The first kappa shape index (κ1) is 12.3. The molecule has 0 spiro atoms. The van der Waals surface area contributed by atoms with Crippen LogP contribution in [0.15, 0.2) is 30.3 Å².